The Morgan fingerprint density at radius 2 is 1.64 bits per heavy atom. The zero-order valence-corrected chi connectivity index (χ0v) is 37.2. The molecule has 0 unspecified atom stereocenters. The number of ketones is 2. The van der Waals surface area contributed by atoms with Crippen LogP contribution in [0.5, 0.6) is 0 Å². The van der Waals surface area contributed by atoms with Crippen molar-refractivity contribution < 1.29 is 62.9 Å². The molecule has 59 heavy (non-hydrogen) atoms. The van der Waals surface area contributed by atoms with Crippen molar-refractivity contribution in [2.75, 3.05) is 27.8 Å². The molecule has 3 aliphatic rings. The van der Waals surface area contributed by atoms with Crippen molar-refractivity contribution in [3.63, 3.8) is 0 Å². The second kappa shape index (κ2) is 19.8. The van der Waals surface area contributed by atoms with Gasteiger partial charge in [0.25, 0.3) is 7.98 Å². The van der Waals surface area contributed by atoms with Crippen molar-refractivity contribution in [1.82, 2.24) is 19.8 Å². The topological polar surface area (TPSA) is 210 Å². The van der Waals surface area contributed by atoms with Gasteiger partial charge in [0.15, 0.2) is 18.4 Å². The first-order valence-corrected chi connectivity index (χ1v) is 20.9. The Bertz CT molecular complexity index is 1580. The van der Waals surface area contributed by atoms with E-state index in [-0.39, 0.29) is 36.9 Å². The van der Waals surface area contributed by atoms with Crippen molar-refractivity contribution in [2.24, 2.45) is 23.7 Å². The molecule has 1 aromatic heterocycles. The Balaban J connectivity index is 1.81. The summed E-state index contributed by atoms with van der Waals surface area (Å²) in [7, 11) is 10.5. The molecule has 3 N–H and O–H groups in total. The Kier molecular flexibility index (Phi) is 16.5. The van der Waals surface area contributed by atoms with Gasteiger partial charge in [-0.15, -0.1) is 5.10 Å². The maximum absolute atomic E-state index is 14.3. The molecule has 1 aromatic rings. The summed E-state index contributed by atoms with van der Waals surface area (Å²) < 4.78 is 45.2. The summed E-state index contributed by atoms with van der Waals surface area (Å²) in [6.07, 6.45) is -6.73. The van der Waals surface area contributed by atoms with Gasteiger partial charge in [-0.2, -0.15) is 0 Å². The SMILES string of the molecule is [B]n1cc(CCN(C)[C@H]2C[C@@H](C)O[C@@H](O[C@@H]3[C@H](C)[C@@H](O[C@H]4C[C@@](C)(OC)C(=O)[C@H](C)O4)[C@@H](C)C(=O)O[C@H](CC)[C@@](C)(O)[C@H](O)[C@@H](C)C(=O)[C@H](C)C[C@@]3(C)OC)[C@@H]2O)nn1. The van der Waals surface area contributed by atoms with Gasteiger partial charge in [0.1, 0.15) is 35.3 Å². The maximum atomic E-state index is 14.3. The smallest absolute Gasteiger partial charge is 0.311 e. The molecule has 2 radical (unpaired) electrons. The molecular weight excluding hydrogens is 767 g/mol. The van der Waals surface area contributed by atoms with Crippen LogP contribution >= 0.6 is 0 Å². The molecule has 0 aliphatic carbocycles. The number of carbonyl (C=O) groups excluding carboxylic acids is 3. The van der Waals surface area contributed by atoms with Gasteiger partial charge in [0.2, 0.25) is 0 Å². The molecule has 0 spiro atoms. The van der Waals surface area contributed by atoms with E-state index in [1.54, 1.807) is 47.7 Å². The Hall–Kier alpha value is -2.39. The minimum atomic E-state index is -2.00. The fourth-order valence-electron chi connectivity index (χ4n) is 9.25. The van der Waals surface area contributed by atoms with E-state index in [1.807, 2.05) is 25.8 Å². The normalized spacial score (nSPS) is 43.4. The lowest BCUT2D eigenvalue weighted by atomic mass is 9.74. The third-order valence-corrected chi connectivity index (χ3v) is 13.2. The van der Waals surface area contributed by atoms with Gasteiger partial charge < -0.3 is 58.0 Å². The summed E-state index contributed by atoms with van der Waals surface area (Å²) in [5.74, 6) is -5.01. The molecule has 17 atom stereocenters. The zero-order chi connectivity index (χ0) is 44.4. The number of methoxy groups -OCH3 is 2. The number of aliphatic hydroxyl groups excluding tert-OH is 2. The minimum Gasteiger partial charge on any atom is -0.459 e. The molecule has 3 aliphatic heterocycles. The predicted octanol–water partition coefficient (Wildman–Crippen LogP) is 1.78. The van der Waals surface area contributed by atoms with Crippen LogP contribution in [0.3, 0.4) is 0 Å². The number of ether oxygens (including phenoxy) is 7. The molecule has 3 fully saturated rings. The van der Waals surface area contributed by atoms with Crippen LogP contribution < -0.4 is 0 Å². The molecule has 0 saturated carbocycles. The molecule has 0 amide bonds. The van der Waals surface area contributed by atoms with Gasteiger partial charge in [-0.3, -0.25) is 14.4 Å². The number of nitrogens with zero attached hydrogens (tertiary/aromatic N) is 4. The van der Waals surface area contributed by atoms with Crippen molar-refractivity contribution in [1.29, 1.82) is 0 Å². The average Bonchev–Trinajstić information content (AvgIpc) is 3.62. The predicted molar refractivity (Wildman–Crippen MR) is 214 cm³/mol. The minimum absolute atomic E-state index is 0.00418. The molecule has 17 nitrogen and oxygen atoms in total. The first-order chi connectivity index (χ1) is 27.4. The number of likely N-dealkylation sites (N-methyl/N-ethyl adjacent to an activating group) is 1. The first kappa shape index (κ1) is 49.3. The van der Waals surface area contributed by atoms with Crippen LogP contribution in [0.15, 0.2) is 6.20 Å². The van der Waals surface area contributed by atoms with Crippen molar-refractivity contribution in [3.8, 4) is 0 Å². The lowest BCUT2D eigenvalue weighted by Crippen LogP contribution is -2.61. The van der Waals surface area contributed by atoms with E-state index in [4.69, 9.17) is 41.1 Å². The average molecular weight is 837 g/mol. The number of cyclic esters (lactones) is 1. The number of rotatable bonds is 11. The highest BCUT2D eigenvalue weighted by Crippen LogP contribution is 2.41. The van der Waals surface area contributed by atoms with Crippen LogP contribution in [0.4, 0.5) is 0 Å². The number of esters is 1. The lowest BCUT2D eigenvalue weighted by Gasteiger charge is -2.49. The summed E-state index contributed by atoms with van der Waals surface area (Å²) in [5, 5.41) is 43.1. The Morgan fingerprint density at radius 3 is 2.22 bits per heavy atom. The van der Waals surface area contributed by atoms with Gasteiger partial charge in [0, 0.05) is 63.6 Å². The second-order valence-corrected chi connectivity index (χ2v) is 17.9. The monoisotopic (exact) mass is 836 g/mol. The fourth-order valence-corrected chi connectivity index (χ4v) is 9.25. The number of aromatic nitrogens is 3. The first-order valence-electron chi connectivity index (χ1n) is 20.9. The Labute approximate surface area is 350 Å². The van der Waals surface area contributed by atoms with Crippen molar-refractivity contribution >= 4 is 25.5 Å². The van der Waals surface area contributed by atoms with Crippen LogP contribution in [0.1, 0.15) is 101 Å². The van der Waals surface area contributed by atoms with E-state index >= 15 is 0 Å². The van der Waals surface area contributed by atoms with Gasteiger partial charge in [0.05, 0.1) is 41.6 Å². The van der Waals surface area contributed by atoms with Crippen LogP contribution in [0.25, 0.3) is 0 Å². The summed E-state index contributed by atoms with van der Waals surface area (Å²) in [5.41, 5.74) is -3.88. The van der Waals surface area contributed by atoms with E-state index in [1.165, 1.54) is 28.1 Å². The number of Topliss-reactive ketones (excluding diaryl/α,β-unsaturated/α-hetero) is 2. The molecule has 334 valence electrons. The molecule has 0 aromatic carbocycles. The molecule has 4 heterocycles. The number of carbonyl (C=O) groups is 3. The highest BCUT2D eigenvalue weighted by molar-refractivity contribution is 6.05. The van der Waals surface area contributed by atoms with Crippen LogP contribution in [-0.2, 0) is 54.0 Å². The molecule has 18 heteroatoms. The van der Waals surface area contributed by atoms with Gasteiger partial charge in [-0.1, -0.05) is 32.9 Å². The fraction of sp³-hybridized carbons (Fsp3) is 0.878. The van der Waals surface area contributed by atoms with Crippen molar-refractivity contribution in [2.45, 2.75) is 179 Å². The van der Waals surface area contributed by atoms with E-state index in [9.17, 15) is 29.7 Å². The molecule has 0 bridgehead atoms. The van der Waals surface area contributed by atoms with E-state index in [0.717, 1.165) is 4.59 Å². The highest BCUT2D eigenvalue weighted by atomic mass is 16.7. The van der Waals surface area contributed by atoms with Gasteiger partial charge in [-0.25, -0.2) is 0 Å². The van der Waals surface area contributed by atoms with Crippen LogP contribution in [0.2, 0.25) is 0 Å². The lowest BCUT2D eigenvalue weighted by molar-refractivity contribution is -0.310. The van der Waals surface area contributed by atoms with Gasteiger partial charge in [-0.05, 0) is 67.9 Å². The van der Waals surface area contributed by atoms with Crippen LogP contribution in [0, 0.1) is 23.7 Å². The quantitative estimate of drug-likeness (QED) is 0.214. The summed E-state index contributed by atoms with van der Waals surface area (Å²) >= 11 is 0. The van der Waals surface area contributed by atoms with Crippen LogP contribution in [-0.4, -0.2) is 167 Å². The third-order valence-electron chi connectivity index (χ3n) is 13.2. The summed E-state index contributed by atoms with van der Waals surface area (Å²) in [4.78, 5) is 43.6. The van der Waals surface area contributed by atoms with Gasteiger partial charge >= 0.3 is 5.97 Å². The molecule has 4 rings (SSSR count). The maximum Gasteiger partial charge on any atom is 0.311 e. The highest BCUT2D eigenvalue weighted by Gasteiger charge is 2.54. The second-order valence-electron chi connectivity index (χ2n) is 17.9. The standard InChI is InChI=1S/C41H69BN4O13/c1-14-29-41(10,52)34(49)23(4)31(47)21(2)18-40(9,54-13)36(59-38-32(48)28(17-22(3)55-38)45(11)16-15-27-20-46(42)44-43-27)24(5)33(25(6)37(51)57-29)58-30-19-39(8,53-12)35(50)26(7)56-30/h20-26,28-30,32-34,36,38,48-49,52H,14-19H2,1-13H3/t21-,22-,23+,24-,25-,26+,28+,29-,30+,32-,33-,34-,36-,38+,39-,40-,41-/m1/s1. The van der Waals surface area contributed by atoms with E-state index < -0.39 is 102 Å². The number of hydrogen-bond donors (Lipinski definition) is 3. The molecule has 3 saturated heterocycles. The zero-order valence-electron chi connectivity index (χ0n) is 37.2. The number of aliphatic hydroxyl groups is 3. The molecular formula is C41H69BN4O13. The Morgan fingerprint density at radius 1 is 0.983 bits per heavy atom. The third kappa shape index (κ3) is 10.8. The van der Waals surface area contributed by atoms with E-state index in [2.05, 4.69) is 10.3 Å². The largest absolute Gasteiger partial charge is 0.459 e. The van der Waals surface area contributed by atoms with E-state index in [0.29, 0.717) is 25.1 Å². The van der Waals surface area contributed by atoms with Crippen molar-refractivity contribution in [3.05, 3.63) is 11.9 Å². The number of hydrogen-bond acceptors (Lipinski definition) is 16. The summed E-state index contributed by atoms with van der Waals surface area (Å²) in [6, 6.07) is -0.414. The summed E-state index contributed by atoms with van der Waals surface area (Å²) in [6.45, 7) is 17.2.